The van der Waals surface area contributed by atoms with Gasteiger partial charge in [-0.2, -0.15) is 10.1 Å². The molecule has 3 N–H and O–H groups in total. The quantitative estimate of drug-likeness (QED) is 0.431. The first-order valence-corrected chi connectivity index (χ1v) is 10.7. The van der Waals surface area contributed by atoms with Crippen molar-refractivity contribution in [1.82, 2.24) is 20.2 Å². The van der Waals surface area contributed by atoms with E-state index in [2.05, 4.69) is 42.9 Å². The molecule has 2 aromatic carbocycles. The summed E-state index contributed by atoms with van der Waals surface area (Å²) in [5, 5.41) is 14.8. The van der Waals surface area contributed by atoms with Gasteiger partial charge < -0.3 is 20.1 Å². The van der Waals surface area contributed by atoms with Crippen molar-refractivity contribution in [2.75, 3.05) is 24.9 Å². The van der Waals surface area contributed by atoms with Crippen molar-refractivity contribution >= 4 is 34.1 Å². The van der Waals surface area contributed by atoms with Crippen molar-refractivity contribution in [3.8, 4) is 11.8 Å². The van der Waals surface area contributed by atoms with Crippen LogP contribution in [0.1, 0.15) is 29.0 Å². The fourth-order valence-electron chi connectivity index (χ4n) is 4.81. The van der Waals surface area contributed by atoms with Crippen LogP contribution in [-0.4, -0.2) is 40.3 Å². The lowest BCUT2D eigenvalue weighted by atomic mass is 9.91. The van der Waals surface area contributed by atoms with Gasteiger partial charge in [-0.1, -0.05) is 6.07 Å². The lowest BCUT2D eigenvalue weighted by molar-refractivity contribution is -0.118. The van der Waals surface area contributed by atoms with Gasteiger partial charge in [0.15, 0.2) is 5.82 Å². The highest BCUT2D eigenvalue weighted by molar-refractivity contribution is 6.10. The van der Waals surface area contributed by atoms with E-state index >= 15 is 0 Å². The molecule has 6 rings (SSSR count). The number of methoxy groups -OCH3 is 2. The molecule has 2 aromatic heterocycles. The highest BCUT2D eigenvalue weighted by Crippen LogP contribution is 2.65. The number of nitrogens with one attached hydrogen (secondary N) is 3. The van der Waals surface area contributed by atoms with Crippen LogP contribution in [0.2, 0.25) is 0 Å². The van der Waals surface area contributed by atoms with Gasteiger partial charge in [0.05, 0.1) is 25.2 Å². The van der Waals surface area contributed by atoms with Crippen molar-refractivity contribution in [2.24, 2.45) is 0 Å². The van der Waals surface area contributed by atoms with Crippen molar-refractivity contribution in [3.05, 3.63) is 59.3 Å². The molecule has 1 aliphatic carbocycles. The number of anilines is 3. The minimum Gasteiger partial charge on any atom is -0.497 e. The first kappa shape index (κ1) is 19.5. The van der Waals surface area contributed by atoms with Crippen LogP contribution in [0.5, 0.6) is 11.8 Å². The summed E-state index contributed by atoms with van der Waals surface area (Å²) in [7, 11) is 3.17. The van der Waals surface area contributed by atoms with Crippen molar-refractivity contribution in [1.29, 1.82) is 0 Å². The lowest BCUT2D eigenvalue weighted by Crippen LogP contribution is -2.21. The summed E-state index contributed by atoms with van der Waals surface area (Å²) in [6, 6.07) is 12.2. The zero-order chi connectivity index (χ0) is 22.7. The van der Waals surface area contributed by atoms with E-state index < -0.39 is 5.41 Å². The fourth-order valence-corrected chi connectivity index (χ4v) is 4.81. The number of carbonyl (C=O) groups is 1. The fraction of sp³-hybridized carbons (Fsp3) is 0.250. The van der Waals surface area contributed by atoms with Crippen molar-refractivity contribution in [3.63, 3.8) is 0 Å². The number of benzene rings is 2. The summed E-state index contributed by atoms with van der Waals surface area (Å²) < 4.78 is 10.5. The Morgan fingerprint density at radius 3 is 2.82 bits per heavy atom. The van der Waals surface area contributed by atoms with Crippen LogP contribution in [0.3, 0.4) is 0 Å². The smallest absolute Gasteiger partial charge is 0.318 e. The monoisotopic (exact) mass is 442 g/mol. The summed E-state index contributed by atoms with van der Waals surface area (Å²) in [6.45, 7) is 1.92. The Morgan fingerprint density at radius 2 is 2.00 bits per heavy atom. The van der Waals surface area contributed by atoms with Gasteiger partial charge in [0, 0.05) is 28.8 Å². The molecule has 33 heavy (non-hydrogen) atoms. The summed E-state index contributed by atoms with van der Waals surface area (Å²) in [5.41, 5.74) is 4.21. The molecule has 2 atom stereocenters. The van der Waals surface area contributed by atoms with Gasteiger partial charge in [-0.3, -0.25) is 9.89 Å². The topological polar surface area (TPSA) is 114 Å². The zero-order valence-corrected chi connectivity index (χ0v) is 18.4. The number of ether oxygens (including phenoxy) is 2. The first-order chi connectivity index (χ1) is 16.0. The number of nitrogens with zero attached hydrogens (tertiary/aromatic N) is 3. The molecule has 1 amide bonds. The molecule has 1 saturated carbocycles. The lowest BCUT2D eigenvalue weighted by Gasteiger charge is -2.10. The van der Waals surface area contributed by atoms with Crippen LogP contribution in [0.15, 0.2) is 42.6 Å². The zero-order valence-electron chi connectivity index (χ0n) is 18.4. The van der Waals surface area contributed by atoms with Crippen LogP contribution in [0, 0.1) is 6.92 Å². The molecule has 1 aliphatic heterocycles. The van der Waals surface area contributed by atoms with Crippen molar-refractivity contribution in [2.45, 2.75) is 24.7 Å². The Bertz CT molecular complexity index is 1430. The second-order valence-electron chi connectivity index (χ2n) is 8.48. The maximum atomic E-state index is 12.9. The summed E-state index contributed by atoms with van der Waals surface area (Å²) >= 11 is 0. The molecule has 1 spiro atoms. The molecule has 0 unspecified atom stereocenters. The molecule has 166 valence electrons. The predicted molar refractivity (Wildman–Crippen MR) is 123 cm³/mol. The minimum absolute atomic E-state index is 0.0519. The minimum atomic E-state index is -0.534. The molecule has 9 heteroatoms. The molecule has 1 fully saturated rings. The number of hydrogen-bond donors (Lipinski definition) is 3. The van der Waals surface area contributed by atoms with Gasteiger partial charge in [-0.15, -0.1) is 0 Å². The number of rotatable bonds is 5. The van der Waals surface area contributed by atoms with E-state index in [1.54, 1.807) is 13.3 Å². The summed E-state index contributed by atoms with van der Waals surface area (Å²) in [4.78, 5) is 21.4. The van der Waals surface area contributed by atoms with E-state index in [4.69, 9.17) is 9.47 Å². The largest absolute Gasteiger partial charge is 0.497 e. The Morgan fingerprint density at radius 1 is 1.12 bits per heavy atom. The van der Waals surface area contributed by atoms with E-state index in [0.717, 1.165) is 45.5 Å². The number of aromatic nitrogens is 4. The third-order valence-electron chi connectivity index (χ3n) is 6.68. The second kappa shape index (κ2) is 6.93. The Labute approximate surface area is 189 Å². The number of aryl methyl sites for hydroxylation is 1. The van der Waals surface area contributed by atoms with E-state index in [1.165, 1.54) is 7.11 Å². The average Bonchev–Trinajstić information content (AvgIpc) is 3.38. The highest BCUT2D eigenvalue weighted by atomic mass is 16.5. The Kier molecular flexibility index (Phi) is 4.10. The summed E-state index contributed by atoms with van der Waals surface area (Å²) in [5.74, 6) is 2.21. The Hall–Kier alpha value is -4.14. The van der Waals surface area contributed by atoms with Gasteiger partial charge in [-0.25, -0.2) is 4.98 Å². The standard InChI is InChI=1S/C24H22N6O3/c1-12-11-25-23(33-3)28-20(12)27-21-15-6-4-13(8-19(15)29-30-21)17-10-24(17)16-9-14(32-2)5-7-18(16)26-22(24)31/h4-9,11,17H,10H2,1-3H3,(H,26,31)(H2,25,27,28,29,30)/t17-,24-/m0/s1. The molecule has 2 aliphatic rings. The van der Waals surface area contributed by atoms with Crippen LogP contribution >= 0.6 is 0 Å². The van der Waals surface area contributed by atoms with E-state index in [0.29, 0.717) is 11.6 Å². The molecular weight excluding hydrogens is 420 g/mol. The SMILES string of the molecule is COc1ccc2c(c1)[C@]1(C[C@H]1c1ccc3c(Nc4nc(OC)ncc4C)n[nH]c3c1)C(=O)N2. The number of fused-ring (bicyclic) bond motifs is 3. The third kappa shape index (κ3) is 2.85. The molecule has 0 bridgehead atoms. The molecular formula is C24H22N6O3. The first-order valence-electron chi connectivity index (χ1n) is 10.7. The number of carbonyl (C=O) groups excluding carboxylic acids is 1. The maximum absolute atomic E-state index is 12.9. The van der Waals surface area contributed by atoms with Gasteiger partial charge in [0.1, 0.15) is 11.6 Å². The van der Waals surface area contributed by atoms with Gasteiger partial charge in [-0.05, 0) is 54.8 Å². The Balaban J connectivity index is 1.32. The molecule has 9 nitrogen and oxygen atoms in total. The average molecular weight is 442 g/mol. The molecule has 0 radical (unpaired) electrons. The molecule has 3 heterocycles. The van der Waals surface area contributed by atoms with E-state index in [9.17, 15) is 4.79 Å². The van der Waals surface area contributed by atoms with Crippen molar-refractivity contribution < 1.29 is 14.3 Å². The number of hydrogen-bond acceptors (Lipinski definition) is 7. The second-order valence-corrected chi connectivity index (χ2v) is 8.48. The normalized spacial score (nSPS) is 20.6. The third-order valence-corrected chi connectivity index (χ3v) is 6.68. The molecule has 4 aromatic rings. The maximum Gasteiger partial charge on any atom is 0.318 e. The van der Waals surface area contributed by atoms with Crippen LogP contribution in [0.4, 0.5) is 17.3 Å². The summed E-state index contributed by atoms with van der Waals surface area (Å²) in [6.07, 6.45) is 2.47. The van der Waals surface area contributed by atoms with Crippen LogP contribution < -0.4 is 20.1 Å². The van der Waals surface area contributed by atoms with Gasteiger partial charge in [0.2, 0.25) is 5.91 Å². The van der Waals surface area contributed by atoms with E-state index in [-0.39, 0.29) is 17.8 Å². The van der Waals surface area contributed by atoms with Crippen LogP contribution in [0.25, 0.3) is 10.9 Å². The van der Waals surface area contributed by atoms with Gasteiger partial charge in [0.25, 0.3) is 0 Å². The highest BCUT2D eigenvalue weighted by Gasteiger charge is 2.65. The predicted octanol–water partition coefficient (Wildman–Crippen LogP) is 3.80. The number of H-pyrrole nitrogens is 1. The van der Waals surface area contributed by atoms with Crippen LogP contribution in [-0.2, 0) is 10.2 Å². The van der Waals surface area contributed by atoms with Gasteiger partial charge >= 0.3 is 6.01 Å². The van der Waals surface area contributed by atoms with E-state index in [1.807, 2.05) is 31.2 Å². The molecule has 0 saturated heterocycles. The number of aromatic amines is 1. The number of amides is 1.